The van der Waals surface area contributed by atoms with E-state index in [2.05, 4.69) is 10.3 Å². The van der Waals surface area contributed by atoms with Crippen molar-refractivity contribution in [3.05, 3.63) is 47.4 Å². The van der Waals surface area contributed by atoms with Crippen LogP contribution in [0.3, 0.4) is 0 Å². The van der Waals surface area contributed by atoms with Gasteiger partial charge in [-0.05, 0) is 32.0 Å². The summed E-state index contributed by atoms with van der Waals surface area (Å²) < 4.78 is 1.96. The van der Waals surface area contributed by atoms with E-state index in [1.807, 2.05) is 42.7 Å². The number of pyridine rings is 1. The molecule has 6 heteroatoms. The molecule has 3 rings (SSSR count). The first-order valence-electron chi connectivity index (χ1n) is 7.24. The van der Waals surface area contributed by atoms with E-state index in [0.29, 0.717) is 18.7 Å². The fourth-order valence-corrected chi connectivity index (χ4v) is 2.80. The fourth-order valence-electron chi connectivity index (χ4n) is 2.80. The van der Waals surface area contributed by atoms with Gasteiger partial charge in [-0.2, -0.15) is 0 Å². The van der Waals surface area contributed by atoms with Gasteiger partial charge in [0.05, 0.1) is 12.1 Å². The lowest BCUT2D eigenvalue weighted by atomic mass is 10.2. The van der Waals surface area contributed by atoms with Crippen LogP contribution in [0.5, 0.6) is 0 Å². The first-order valence-corrected chi connectivity index (χ1v) is 7.24. The first-order chi connectivity index (χ1) is 10.6. The predicted molar refractivity (Wildman–Crippen MR) is 82.0 cm³/mol. The zero-order valence-electron chi connectivity index (χ0n) is 12.7. The highest BCUT2D eigenvalue weighted by Gasteiger charge is 2.25. The van der Waals surface area contributed by atoms with Gasteiger partial charge >= 0.3 is 0 Å². The molecule has 2 amide bonds. The van der Waals surface area contributed by atoms with E-state index in [1.165, 1.54) is 0 Å². The summed E-state index contributed by atoms with van der Waals surface area (Å²) in [5.41, 5.74) is 2.41. The normalized spacial score (nSPS) is 14.8. The van der Waals surface area contributed by atoms with Crippen LogP contribution in [0.2, 0.25) is 0 Å². The van der Waals surface area contributed by atoms with Crippen LogP contribution in [-0.2, 0) is 4.79 Å². The Bertz CT molecular complexity index is 721. The number of piperazine rings is 1. The van der Waals surface area contributed by atoms with E-state index >= 15 is 0 Å². The number of carbonyl (C=O) groups excluding carboxylic acids is 2. The third kappa shape index (κ3) is 2.47. The van der Waals surface area contributed by atoms with Crippen molar-refractivity contribution in [1.29, 1.82) is 0 Å². The SMILES string of the molecule is Cc1cc(C(=O)N2CCNC(=O)C2)c(C)n1-c1ccccn1. The van der Waals surface area contributed by atoms with Gasteiger partial charge in [0.2, 0.25) is 5.91 Å². The number of nitrogens with one attached hydrogen (secondary N) is 1. The second-order valence-electron chi connectivity index (χ2n) is 5.38. The van der Waals surface area contributed by atoms with E-state index in [-0.39, 0.29) is 18.4 Å². The molecule has 1 saturated heterocycles. The molecule has 0 saturated carbocycles. The number of aromatic nitrogens is 2. The van der Waals surface area contributed by atoms with Gasteiger partial charge in [0, 0.05) is 30.7 Å². The molecule has 2 aromatic rings. The molecule has 3 heterocycles. The van der Waals surface area contributed by atoms with E-state index in [9.17, 15) is 9.59 Å². The molecule has 1 fully saturated rings. The van der Waals surface area contributed by atoms with Crippen LogP contribution < -0.4 is 5.32 Å². The summed E-state index contributed by atoms with van der Waals surface area (Å²) in [6.45, 7) is 5.01. The molecular formula is C16H18N4O2. The zero-order valence-corrected chi connectivity index (χ0v) is 12.7. The highest BCUT2D eigenvalue weighted by molar-refractivity contribution is 5.98. The molecule has 1 N–H and O–H groups in total. The molecule has 2 aromatic heterocycles. The molecule has 1 aliphatic heterocycles. The first kappa shape index (κ1) is 14.3. The lowest BCUT2D eigenvalue weighted by Gasteiger charge is -2.26. The molecule has 0 aliphatic carbocycles. The lowest BCUT2D eigenvalue weighted by Crippen LogP contribution is -2.50. The van der Waals surface area contributed by atoms with Gasteiger partial charge in [-0.15, -0.1) is 0 Å². The summed E-state index contributed by atoms with van der Waals surface area (Å²) in [5, 5.41) is 2.73. The van der Waals surface area contributed by atoms with E-state index in [1.54, 1.807) is 11.1 Å². The van der Waals surface area contributed by atoms with Crippen molar-refractivity contribution in [2.75, 3.05) is 19.6 Å². The number of rotatable bonds is 2. The van der Waals surface area contributed by atoms with Crippen molar-refractivity contribution in [2.24, 2.45) is 0 Å². The second-order valence-corrected chi connectivity index (χ2v) is 5.38. The highest BCUT2D eigenvalue weighted by atomic mass is 16.2. The number of hydrogen-bond donors (Lipinski definition) is 1. The predicted octanol–water partition coefficient (Wildman–Crippen LogP) is 1.06. The fraction of sp³-hybridized carbons (Fsp3) is 0.312. The minimum Gasteiger partial charge on any atom is -0.353 e. The Kier molecular flexibility index (Phi) is 3.66. The zero-order chi connectivity index (χ0) is 15.7. The minimum absolute atomic E-state index is 0.106. The molecule has 114 valence electrons. The average Bonchev–Trinajstić information content (AvgIpc) is 2.82. The third-order valence-electron chi connectivity index (χ3n) is 3.87. The summed E-state index contributed by atoms with van der Waals surface area (Å²) in [7, 11) is 0. The highest BCUT2D eigenvalue weighted by Crippen LogP contribution is 2.21. The summed E-state index contributed by atoms with van der Waals surface area (Å²) in [4.78, 5) is 30.1. The Morgan fingerprint density at radius 3 is 2.82 bits per heavy atom. The number of nitrogens with zero attached hydrogens (tertiary/aromatic N) is 3. The lowest BCUT2D eigenvalue weighted by molar-refractivity contribution is -0.123. The number of carbonyl (C=O) groups is 2. The molecule has 22 heavy (non-hydrogen) atoms. The van der Waals surface area contributed by atoms with Crippen LogP contribution >= 0.6 is 0 Å². The molecule has 0 atom stereocenters. The Labute approximate surface area is 128 Å². The maximum absolute atomic E-state index is 12.7. The molecular weight excluding hydrogens is 280 g/mol. The Hall–Kier alpha value is -2.63. The molecule has 0 radical (unpaired) electrons. The monoisotopic (exact) mass is 298 g/mol. The van der Waals surface area contributed by atoms with Crippen LogP contribution in [-0.4, -0.2) is 45.9 Å². The van der Waals surface area contributed by atoms with Crippen molar-refractivity contribution in [2.45, 2.75) is 13.8 Å². The van der Waals surface area contributed by atoms with Crippen LogP contribution in [0.1, 0.15) is 21.7 Å². The summed E-state index contributed by atoms with van der Waals surface area (Å²) in [5.74, 6) is 0.566. The van der Waals surface area contributed by atoms with Crippen molar-refractivity contribution < 1.29 is 9.59 Å². The van der Waals surface area contributed by atoms with Crippen LogP contribution in [0.25, 0.3) is 5.82 Å². The van der Waals surface area contributed by atoms with Crippen molar-refractivity contribution in [3.8, 4) is 5.82 Å². The molecule has 1 aliphatic rings. The molecule has 0 aromatic carbocycles. The van der Waals surface area contributed by atoms with E-state index < -0.39 is 0 Å². The van der Waals surface area contributed by atoms with Crippen molar-refractivity contribution >= 4 is 11.8 Å². The van der Waals surface area contributed by atoms with E-state index in [0.717, 1.165) is 17.2 Å². The number of amides is 2. The Morgan fingerprint density at radius 2 is 2.14 bits per heavy atom. The number of aryl methyl sites for hydroxylation is 1. The van der Waals surface area contributed by atoms with Gasteiger partial charge in [-0.25, -0.2) is 4.98 Å². The maximum Gasteiger partial charge on any atom is 0.256 e. The topological polar surface area (TPSA) is 67.2 Å². The van der Waals surface area contributed by atoms with Crippen molar-refractivity contribution in [3.63, 3.8) is 0 Å². The van der Waals surface area contributed by atoms with E-state index in [4.69, 9.17) is 0 Å². The van der Waals surface area contributed by atoms with Gasteiger partial charge in [-0.3, -0.25) is 9.59 Å². The maximum atomic E-state index is 12.7. The van der Waals surface area contributed by atoms with Crippen molar-refractivity contribution in [1.82, 2.24) is 19.8 Å². The van der Waals surface area contributed by atoms with Gasteiger partial charge in [0.25, 0.3) is 5.91 Å². The van der Waals surface area contributed by atoms with Gasteiger partial charge in [0.15, 0.2) is 0 Å². The van der Waals surface area contributed by atoms with Gasteiger partial charge in [-0.1, -0.05) is 6.07 Å². The second kappa shape index (κ2) is 5.63. The standard InChI is InChI=1S/C16H18N4O2/c1-11-9-13(16(22)19-8-7-18-15(21)10-19)12(2)20(11)14-5-3-4-6-17-14/h3-6,9H,7-8,10H2,1-2H3,(H,18,21). The minimum atomic E-state index is -0.113. The molecule has 0 bridgehead atoms. The molecule has 0 unspecified atom stereocenters. The summed E-state index contributed by atoms with van der Waals surface area (Å²) >= 11 is 0. The summed E-state index contributed by atoms with van der Waals surface area (Å²) in [6, 6.07) is 7.54. The van der Waals surface area contributed by atoms with Gasteiger partial charge < -0.3 is 14.8 Å². The molecule has 6 nitrogen and oxygen atoms in total. The van der Waals surface area contributed by atoms with Crippen LogP contribution in [0, 0.1) is 13.8 Å². The van der Waals surface area contributed by atoms with Crippen LogP contribution in [0.4, 0.5) is 0 Å². The summed E-state index contributed by atoms with van der Waals surface area (Å²) in [6.07, 6.45) is 1.73. The Morgan fingerprint density at radius 1 is 1.32 bits per heavy atom. The van der Waals surface area contributed by atoms with Gasteiger partial charge in [0.1, 0.15) is 5.82 Å². The number of hydrogen-bond acceptors (Lipinski definition) is 3. The third-order valence-corrected chi connectivity index (χ3v) is 3.87. The quantitative estimate of drug-likeness (QED) is 0.901. The Balaban J connectivity index is 1.96. The van der Waals surface area contributed by atoms with Crippen LogP contribution in [0.15, 0.2) is 30.5 Å². The molecule has 0 spiro atoms. The average molecular weight is 298 g/mol. The smallest absolute Gasteiger partial charge is 0.256 e. The largest absolute Gasteiger partial charge is 0.353 e.